The Balaban J connectivity index is 1.62. The smallest absolute Gasteiger partial charge is 0.326 e. The summed E-state index contributed by atoms with van der Waals surface area (Å²) in [6.45, 7) is 6.17. The highest BCUT2D eigenvalue weighted by atomic mass is 32.2. The molecule has 7 unspecified atom stereocenters. The van der Waals surface area contributed by atoms with Crippen molar-refractivity contribution in [2.75, 3.05) is 31.9 Å². The average Bonchev–Trinajstić information content (AvgIpc) is 3.81. The van der Waals surface area contributed by atoms with Gasteiger partial charge in [-0.15, -0.1) is 11.8 Å². The fourth-order valence-electron chi connectivity index (χ4n) is 7.48. The molecule has 4 rings (SSSR count). The molecule has 22 nitrogen and oxygen atoms in total. The number of nitrogens with zero attached hydrogens (tertiary/aromatic N) is 1. The first-order valence-electron chi connectivity index (χ1n) is 21.0. The number of thioether (sulfide) groups is 1. The molecule has 64 heavy (non-hydrogen) atoms. The van der Waals surface area contributed by atoms with Crippen molar-refractivity contribution in [3.05, 3.63) is 29.8 Å². The standard InChI is InChI=1S/C41H60N10O12S/c1-6-19(2)34-38(59)46-15-32(55)47-23(18-64-39-26(25-9-7-8-10-28(25)48-39)12-27(42)36(57)45-16-33(56)49-34)14-44-29(13-31(43)54)40(60)51-17-24(53)11-30(51)37(58)50-35(41(61)62)20(3)21(4)63-22(5)52/h7-10,19-21,23-24,27,29-30,34-35,44,48,53H,6,11-18,42H2,1-5H3,(H2,43,54)(H,45,57)(H,46,59)(H,47,55)(H,49,56)(H,50,58)(H,61,62)/t19-,20-,21?,23?,24?,27?,29-,30?,34?,35?/m0/s1. The van der Waals surface area contributed by atoms with Crippen LogP contribution in [0.1, 0.15) is 59.4 Å². The molecule has 1 fully saturated rings. The van der Waals surface area contributed by atoms with E-state index in [1.807, 2.05) is 31.2 Å². The number of fused-ring (bicyclic) bond motifs is 3. The van der Waals surface area contributed by atoms with Crippen LogP contribution in [-0.2, 0) is 54.3 Å². The number of carbonyl (C=O) groups excluding carboxylic acids is 8. The van der Waals surface area contributed by atoms with Gasteiger partial charge in [0.1, 0.15) is 24.2 Å². The van der Waals surface area contributed by atoms with Gasteiger partial charge in [-0.05, 0) is 30.9 Å². The predicted octanol–water partition coefficient (Wildman–Crippen LogP) is -2.66. The van der Waals surface area contributed by atoms with Crippen molar-refractivity contribution < 1.29 is 58.1 Å². The molecule has 1 saturated heterocycles. The SMILES string of the molecule is CC[C@H](C)C1NC(=O)CNC(=O)C(N)Cc2c([nH]c3ccccc23)SCC(CN[C@@H](CC(N)=O)C(=O)N2CC(O)CC2C(=O)NC(C(=O)O)[C@@H](C)C(C)OC(C)=O)NC(=O)CNC1=O. The van der Waals surface area contributed by atoms with Crippen molar-refractivity contribution in [1.82, 2.24) is 41.8 Å². The first-order chi connectivity index (χ1) is 30.2. The number of amides is 7. The zero-order valence-electron chi connectivity index (χ0n) is 36.4. The number of carbonyl (C=O) groups is 9. The molecule has 23 heteroatoms. The van der Waals surface area contributed by atoms with E-state index in [0.29, 0.717) is 17.0 Å². The van der Waals surface area contributed by atoms with E-state index in [-0.39, 0.29) is 37.6 Å². The number of H-pyrrole nitrogens is 1. The van der Waals surface area contributed by atoms with Gasteiger partial charge in [-0.2, -0.15) is 0 Å². The van der Waals surface area contributed by atoms with Gasteiger partial charge in [-0.3, -0.25) is 38.4 Å². The minimum Gasteiger partial charge on any atom is -0.480 e. The first kappa shape index (κ1) is 50.9. The topological polar surface area (TPSA) is 347 Å². The van der Waals surface area contributed by atoms with Crippen molar-refractivity contribution in [2.24, 2.45) is 23.3 Å². The van der Waals surface area contributed by atoms with Gasteiger partial charge in [-0.1, -0.05) is 45.4 Å². The van der Waals surface area contributed by atoms with Crippen molar-refractivity contribution in [3.8, 4) is 0 Å². The van der Waals surface area contributed by atoms with E-state index in [1.54, 1.807) is 6.92 Å². The molecule has 2 aliphatic heterocycles. The van der Waals surface area contributed by atoms with Gasteiger partial charge in [0.2, 0.25) is 41.4 Å². The van der Waals surface area contributed by atoms with E-state index < -0.39 is 127 Å². The van der Waals surface area contributed by atoms with Crippen molar-refractivity contribution in [3.63, 3.8) is 0 Å². The number of aromatic nitrogens is 1. The number of ether oxygens (including phenoxy) is 1. The summed E-state index contributed by atoms with van der Waals surface area (Å²) in [5.41, 5.74) is 13.4. The van der Waals surface area contributed by atoms with Gasteiger partial charge in [0.25, 0.3) is 0 Å². The Labute approximate surface area is 373 Å². The lowest BCUT2D eigenvalue weighted by Crippen LogP contribution is -2.58. The number of hydrogen-bond donors (Lipinski definition) is 11. The normalized spacial score (nSPS) is 23.9. The van der Waals surface area contributed by atoms with E-state index in [2.05, 4.69) is 36.9 Å². The third-order valence-electron chi connectivity index (χ3n) is 11.3. The third-order valence-corrected chi connectivity index (χ3v) is 12.6. The summed E-state index contributed by atoms with van der Waals surface area (Å²) in [7, 11) is 0. The lowest BCUT2D eigenvalue weighted by molar-refractivity contribution is -0.153. The Morgan fingerprint density at radius 2 is 1.66 bits per heavy atom. The number of para-hydroxylation sites is 1. The molecule has 10 atom stereocenters. The van der Waals surface area contributed by atoms with E-state index in [4.69, 9.17) is 16.2 Å². The van der Waals surface area contributed by atoms with Crippen LogP contribution in [0.4, 0.5) is 0 Å². The second-order valence-electron chi connectivity index (χ2n) is 16.3. The number of aliphatic carboxylic acids is 1. The fourth-order valence-corrected chi connectivity index (χ4v) is 8.60. The van der Waals surface area contributed by atoms with Gasteiger partial charge in [0, 0.05) is 49.0 Å². The zero-order valence-corrected chi connectivity index (χ0v) is 37.3. The number of benzene rings is 1. The predicted molar refractivity (Wildman–Crippen MR) is 232 cm³/mol. The molecule has 3 heterocycles. The van der Waals surface area contributed by atoms with Gasteiger partial charge < -0.3 is 68.2 Å². The van der Waals surface area contributed by atoms with E-state index in [0.717, 1.165) is 22.7 Å². The highest BCUT2D eigenvalue weighted by molar-refractivity contribution is 7.99. The summed E-state index contributed by atoms with van der Waals surface area (Å²) in [5.74, 6) is -8.38. The summed E-state index contributed by atoms with van der Waals surface area (Å²) < 4.78 is 5.12. The van der Waals surface area contributed by atoms with Crippen molar-refractivity contribution in [2.45, 2.75) is 114 Å². The molecule has 1 aromatic carbocycles. The molecule has 0 bridgehead atoms. The highest BCUT2D eigenvalue weighted by Gasteiger charge is 2.43. The molecule has 2 aromatic rings. The number of rotatable bonds is 14. The molecular weight excluding hydrogens is 857 g/mol. The number of carboxylic acid groups (broad SMARTS) is 1. The van der Waals surface area contributed by atoms with Crippen LogP contribution in [-0.4, -0.2) is 154 Å². The van der Waals surface area contributed by atoms with Crippen LogP contribution in [0.3, 0.4) is 0 Å². The quantitative estimate of drug-likeness (QED) is 0.0863. The summed E-state index contributed by atoms with van der Waals surface area (Å²) in [6, 6.07) is 0.0308. The monoisotopic (exact) mass is 916 g/mol. The van der Waals surface area contributed by atoms with Gasteiger partial charge in [0.05, 0.1) is 48.8 Å². The summed E-state index contributed by atoms with van der Waals surface area (Å²) in [4.78, 5) is 121. The number of primary amides is 1. The average molecular weight is 917 g/mol. The van der Waals surface area contributed by atoms with Crippen LogP contribution in [0.5, 0.6) is 0 Å². The molecule has 0 aliphatic carbocycles. The Hall–Kier alpha value is -5.78. The molecule has 13 N–H and O–H groups in total. The second kappa shape index (κ2) is 23.2. The van der Waals surface area contributed by atoms with Crippen LogP contribution in [0.25, 0.3) is 10.9 Å². The van der Waals surface area contributed by atoms with Crippen LogP contribution < -0.4 is 43.4 Å². The number of aliphatic hydroxyl groups is 1. The van der Waals surface area contributed by atoms with Gasteiger partial charge >= 0.3 is 11.9 Å². The number of carboxylic acids is 1. The third kappa shape index (κ3) is 13.9. The molecule has 0 radical (unpaired) electrons. The molecular formula is C41H60N10O12S. The molecule has 1 aromatic heterocycles. The number of aliphatic hydroxyl groups excluding tert-OH is 1. The molecule has 0 spiro atoms. The van der Waals surface area contributed by atoms with Crippen LogP contribution in [0.15, 0.2) is 29.3 Å². The summed E-state index contributed by atoms with van der Waals surface area (Å²) in [5, 5.41) is 37.9. The molecule has 352 valence electrons. The second-order valence-corrected chi connectivity index (χ2v) is 17.3. The molecule has 7 amide bonds. The van der Waals surface area contributed by atoms with Crippen LogP contribution in [0, 0.1) is 11.8 Å². The maximum Gasteiger partial charge on any atom is 0.326 e. The van der Waals surface area contributed by atoms with Crippen molar-refractivity contribution >= 4 is 76.0 Å². The molecule has 0 saturated carbocycles. The number of nitrogens with one attached hydrogen (secondary N) is 7. The van der Waals surface area contributed by atoms with Crippen LogP contribution >= 0.6 is 11.8 Å². The number of likely N-dealkylation sites (tertiary alicyclic amines) is 1. The lowest BCUT2D eigenvalue weighted by atomic mass is 9.96. The minimum atomic E-state index is -1.55. The first-order valence-corrected chi connectivity index (χ1v) is 22.0. The Kier molecular flexibility index (Phi) is 18.5. The number of aromatic amines is 1. The summed E-state index contributed by atoms with van der Waals surface area (Å²) >= 11 is 1.26. The Morgan fingerprint density at radius 1 is 1.00 bits per heavy atom. The maximum atomic E-state index is 14.2. The fraction of sp³-hybridized carbons (Fsp3) is 0.585. The van der Waals surface area contributed by atoms with E-state index in [9.17, 15) is 53.4 Å². The van der Waals surface area contributed by atoms with Gasteiger partial charge in [0.15, 0.2) is 0 Å². The van der Waals surface area contributed by atoms with Crippen molar-refractivity contribution in [1.29, 1.82) is 0 Å². The maximum absolute atomic E-state index is 14.2. The number of β-amino-alcohol motifs (C(OH)–C–C–N with tert-alkyl or cyclic N) is 1. The number of hydrogen-bond acceptors (Lipinski definition) is 14. The summed E-state index contributed by atoms with van der Waals surface area (Å²) in [6.07, 6.45) is -2.40. The number of esters is 1. The molecule has 2 aliphatic rings. The minimum absolute atomic E-state index is 0.0515. The Bertz CT molecular complexity index is 2070. The highest BCUT2D eigenvalue weighted by Crippen LogP contribution is 2.31. The van der Waals surface area contributed by atoms with E-state index in [1.165, 1.54) is 25.6 Å². The lowest BCUT2D eigenvalue weighted by Gasteiger charge is -2.31. The van der Waals surface area contributed by atoms with Crippen LogP contribution in [0.2, 0.25) is 0 Å². The zero-order chi connectivity index (χ0) is 47.4. The van der Waals surface area contributed by atoms with Gasteiger partial charge in [-0.25, -0.2) is 4.79 Å². The number of nitrogens with two attached hydrogens (primary N) is 2. The Morgan fingerprint density at radius 3 is 2.30 bits per heavy atom. The van der Waals surface area contributed by atoms with E-state index >= 15 is 0 Å². The largest absolute Gasteiger partial charge is 0.480 e.